The number of carbonyl (C=O) groups excluding carboxylic acids is 2. The van der Waals surface area contributed by atoms with Crippen molar-refractivity contribution in [3.05, 3.63) is 0 Å². The molecule has 1 aliphatic rings. The maximum atomic E-state index is 12.4. The van der Waals surface area contributed by atoms with Crippen molar-refractivity contribution in [1.82, 2.24) is 10.2 Å². The van der Waals surface area contributed by atoms with E-state index < -0.39 is 0 Å². The highest BCUT2D eigenvalue weighted by Gasteiger charge is 2.27. The van der Waals surface area contributed by atoms with Crippen molar-refractivity contribution >= 4 is 11.9 Å². The molecule has 3 N–H and O–H groups in total. The van der Waals surface area contributed by atoms with Crippen LogP contribution in [0.1, 0.15) is 187 Å². The van der Waals surface area contributed by atoms with Gasteiger partial charge in [0.15, 0.2) is 0 Å². The lowest BCUT2D eigenvalue weighted by Gasteiger charge is -2.35. The zero-order valence-electron chi connectivity index (χ0n) is 30.7. The molecule has 1 heterocycles. The molecular weight excluding hydrogens is 574 g/mol. The van der Waals surface area contributed by atoms with E-state index in [0.717, 1.165) is 64.6 Å². The van der Waals surface area contributed by atoms with Crippen molar-refractivity contribution in [2.75, 3.05) is 45.9 Å². The number of esters is 2. The van der Waals surface area contributed by atoms with E-state index in [0.29, 0.717) is 39.1 Å². The Morgan fingerprint density at radius 1 is 0.565 bits per heavy atom. The second-order valence-electron chi connectivity index (χ2n) is 14.2. The van der Waals surface area contributed by atoms with Gasteiger partial charge in [-0.2, -0.15) is 0 Å². The van der Waals surface area contributed by atoms with E-state index in [4.69, 9.17) is 15.2 Å². The summed E-state index contributed by atoms with van der Waals surface area (Å²) in [6, 6.07) is 0. The van der Waals surface area contributed by atoms with E-state index in [1.165, 1.54) is 116 Å². The molecule has 0 bridgehead atoms. The summed E-state index contributed by atoms with van der Waals surface area (Å²) in [7, 11) is 0. The van der Waals surface area contributed by atoms with Crippen molar-refractivity contribution in [3.8, 4) is 0 Å². The number of unbranched alkanes of at least 4 members (excludes halogenated alkanes) is 20. The van der Waals surface area contributed by atoms with Gasteiger partial charge in [-0.1, -0.05) is 142 Å². The van der Waals surface area contributed by atoms with Gasteiger partial charge in [-0.05, 0) is 45.2 Å². The Morgan fingerprint density at radius 2 is 0.913 bits per heavy atom. The fourth-order valence-electron chi connectivity index (χ4n) is 6.48. The van der Waals surface area contributed by atoms with E-state index in [1.54, 1.807) is 0 Å². The number of nitrogens with two attached hydrogens (primary N) is 1. The second-order valence-corrected chi connectivity index (χ2v) is 14.2. The maximum absolute atomic E-state index is 12.4. The number of carbonyl (C=O) groups is 2. The minimum Gasteiger partial charge on any atom is -0.464 e. The smallest absolute Gasteiger partial charge is 0.305 e. The largest absolute Gasteiger partial charge is 0.464 e. The minimum atomic E-state index is -0.152. The Balaban J connectivity index is 2.19. The average Bonchev–Trinajstić information content (AvgIpc) is 3.05. The lowest BCUT2D eigenvalue weighted by Crippen LogP contribution is -2.51. The molecule has 0 radical (unpaired) electrons. The van der Waals surface area contributed by atoms with Gasteiger partial charge in [-0.15, -0.1) is 0 Å². The van der Waals surface area contributed by atoms with Gasteiger partial charge >= 0.3 is 11.9 Å². The average molecular weight is 652 g/mol. The highest BCUT2D eigenvalue weighted by molar-refractivity contribution is 5.69. The van der Waals surface area contributed by atoms with Gasteiger partial charge in [0, 0.05) is 38.0 Å². The zero-order valence-corrected chi connectivity index (χ0v) is 30.7. The Morgan fingerprint density at radius 3 is 1.28 bits per heavy atom. The number of piperidine rings is 1. The number of rotatable bonds is 33. The third-order valence-electron chi connectivity index (χ3n) is 9.84. The SMILES string of the molecule is CCCCCCCCCCCCCC(=O)OCCN(CCOC(=O)CCCCCCCCCCCCC)CCC1(N)CCNCC1. The predicted octanol–water partition coefficient (Wildman–Crippen LogP) is 9.25. The molecule has 0 atom stereocenters. The first-order valence-electron chi connectivity index (χ1n) is 20.0. The third kappa shape index (κ3) is 26.8. The molecule has 0 aromatic rings. The summed E-state index contributed by atoms with van der Waals surface area (Å²) in [4.78, 5) is 27.0. The molecule has 0 saturated carbocycles. The van der Waals surface area contributed by atoms with Crippen LogP contribution in [0.3, 0.4) is 0 Å². The molecule has 0 unspecified atom stereocenters. The summed E-state index contributed by atoms with van der Waals surface area (Å²) in [5.41, 5.74) is 6.53. The molecule has 272 valence electrons. The molecule has 1 aliphatic heterocycles. The van der Waals surface area contributed by atoms with Crippen LogP contribution in [-0.4, -0.2) is 68.3 Å². The van der Waals surface area contributed by atoms with Crippen molar-refractivity contribution in [3.63, 3.8) is 0 Å². The monoisotopic (exact) mass is 652 g/mol. The van der Waals surface area contributed by atoms with Crippen molar-refractivity contribution in [1.29, 1.82) is 0 Å². The van der Waals surface area contributed by atoms with E-state index in [1.807, 2.05) is 0 Å². The summed E-state index contributed by atoms with van der Waals surface area (Å²) < 4.78 is 11.2. The van der Waals surface area contributed by atoms with Gasteiger partial charge in [-0.25, -0.2) is 0 Å². The van der Waals surface area contributed by atoms with Crippen LogP contribution in [0.2, 0.25) is 0 Å². The standard InChI is InChI=1S/C39H77N3O4/c1-3-5-7-9-11-13-15-17-19-21-23-25-37(43)45-35-33-42(32-29-39(40)27-30-41-31-28-39)34-36-46-38(44)26-24-22-20-18-16-14-12-10-8-6-4-2/h41H,3-36,40H2,1-2H3. The van der Waals surface area contributed by atoms with E-state index in [9.17, 15) is 9.59 Å². The lowest BCUT2D eigenvalue weighted by atomic mass is 9.86. The number of hydrogen-bond acceptors (Lipinski definition) is 7. The predicted molar refractivity (Wildman–Crippen MR) is 194 cm³/mol. The fraction of sp³-hybridized carbons (Fsp3) is 0.949. The van der Waals surface area contributed by atoms with Crippen LogP contribution >= 0.6 is 0 Å². The summed E-state index contributed by atoms with van der Waals surface area (Å²) in [5.74, 6) is -0.189. The molecule has 7 heteroatoms. The Hall–Kier alpha value is -1.18. The van der Waals surface area contributed by atoms with Crippen molar-refractivity contribution < 1.29 is 19.1 Å². The van der Waals surface area contributed by atoms with Gasteiger partial charge in [0.05, 0.1) is 0 Å². The molecule has 0 amide bonds. The molecule has 1 fully saturated rings. The normalized spacial score (nSPS) is 14.5. The van der Waals surface area contributed by atoms with Crippen LogP contribution in [-0.2, 0) is 19.1 Å². The second kappa shape index (κ2) is 31.1. The summed E-state index contributed by atoms with van der Waals surface area (Å²) in [5, 5.41) is 3.40. The highest BCUT2D eigenvalue weighted by Crippen LogP contribution is 2.20. The summed E-state index contributed by atoms with van der Waals surface area (Å²) in [6.45, 7) is 9.32. The first-order chi connectivity index (χ1) is 22.5. The molecule has 1 saturated heterocycles. The highest BCUT2D eigenvalue weighted by atomic mass is 16.5. The third-order valence-corrected chi connectivity index (χ3v) is 9.84. The van der Waals surface area contributed by atoms with Crippen LogP contribution in [0.15, 0.2) is 0 Å². The van der Waals surface area contributed by atoms with Crippen LogP contribution in [0.4, 0.5) is 0 Å². The minimum absolute atomic E-state index is 0.0945. The number of nitrogens with one attached hydrogen (secondary N) is 1. The van der Waals surface area contributed by atoms with Crippen LogP contribution < -0.4 is 11.1 Å². The first kappa shape index (κ1) is 42.8. The molecule has 0 spiro atoms. The Kier molecular flexibility index (Phi) is 29.0. The quantitative estimate of drug-likeness (QED) is 0.0540. The summed E-state index contributed by atoms with van der Waals surface area (Å²) >= 11 is 0. The lowest BCUT2D eigenvalue weighted by molar-refractivity contribution is -0.144. The Labute approximate surface area is 285 Å². The molecule has 7 nitrogen and oxygen atoms in total. The van der Waals surface area contributed by atoms with Gasteiger partial charge < -0.3 is 20.5 Å². The molecular formula is C39H77N3O4. The number of nitrogens with zero attached hydrogens (tertiary/aromatic N) is 1. The molecule has 0 aromatic heterocycles. The van der Waals surface area contributed by atoms with E-state index >= 15 is 0 Å². The van der Waals surface area contributed by atoms with Crippen LogP contribution in [0, 0.1) is 0 Å². The topological polar surface area (TPSA) is 93.9 Å². The van der Waals surface area contributed by atoms with E-state index in [2.05, 4.69) is 24.1 Å². The number of hydrogen-bond donors (Lipinski definition) is 2. The van der Waals surface area contributed by atoms with Gasteiger partial charge in [0.25, 0.3) is 0 Å². The van der Waals surface area contributed by atoms with Crippen molar-refractivity contribution in [2.45, 2.75) is 193 Å². The van der Waals surface area contributed by atoms with Crippen LogP contribution in [0.25, 0.3) is 0 Å². The zero-order chi connectivity index (χ0) is 33.4. The molecule has 0 aliphatic carbocycles. The molecule has 46 heavy (non-hydrogen) atoms. The summed E-state index contributed by atoms with van der Waals surface area (Å²) in [6.07, 6.45) is 31.9. The fourth-order valence-corrected chi connectivity index (χ4v) is 6.48. The molecule has 1 rings (SSSR count). The van der Waals surface area contributed by atoms with Crippen LogP contribution in [0.5, 0.6) is 0 Å². The number of ether oxygens (including phenoxy) is 2. The van der Waals surface area contributed by atoms with Gasteiger partial charge in [0.2, 0.25) is 0 Å². The van der Waals surface area contributed by atoms with E-state index in [-0.39, 0.29) is 17.5 Å². The first-order valence-corrected chi connectivity index (χ1v) is 20.0. The van der Waals surface area contributed by atoms with Gasteiger partial charge in [0.1, 0.15) is 13.2 Å². The Bertz CT molecular complexity index is 655. The maximum Gasteiger partial charge on any atom is 0.305 e. The molecule has 0 aromatic carbocycles. The van der Waals surface area contributed by atoms with Crippen molar-refractivity contribution in [2.24, 2.45) is 5.73 Å². The van der Waals surface area contributed by atoms with Gasteiger partial charge in [-0.3, -0.25) is 14.5 Å².